The molecule has 2 atom stereocenters. The topological polar surface area (TPSA) is 108 Å². The molecule has 80 valence electrons. The molecule has 1 fully saturated rings. The molecule has 5 N–H and O–H groups in total. The van der Waals surface area contributed by atoms with Crippen molar-refractivity contribution < 1.29 is 15.0 Å². The Labute approximate surface area is 81.8 Å². The van der Waals surface area contributed by atoms with Crippen LogP contribution in [0.1, 0.15) is 26.2 Å². The smallest absolute Gasteiger partial charge is 0.332 e. The number of rotatable bonds is 1. The summed E-state index contributed by atoms with van der Waals surface area (Å²) in [7, 11) is 0. The van der Waals surface area contributed by atoms with E-state index in [0.29, 0.717) is 18.6 Å². The molecule has 0 heterocycles. The van der Waals surface area contributed by atoms with E-state index in [9.17, 15) is 15.0 Å². The first-order valence-corrected chi connectivity index (χ1v) is 4.45. The lowest BCUT2D eigenvalue weighted by atomic mass is 9.83. The average molecular weight is 201 g/mol. The van der Waals surface area contributed by atoms with Crippen LogP contribution < -0.4 is 11.2 Å². The molecule has 1 unspecified atom stereocenters. The number of carbonyl (C=O) groups is 1. The van der Waals surface area contributed by atoms with Gasteiger partial charge in [0.05, 0.1) is 11.8 Å². The number of primary amides is 1. The molecule has 0 aromatic rings. The molecule has 6 nitrogen and oxygen atoms in total. The Kier molecular flexibility index (Phi) is 3.07. The second-order valence-electron chi connectivity index (χ2n) is 3.71. The Balaban J connectivity index is 2.71. The third-order valence-corrected chi connectivity index (χ3v) is 2.32. The molecule has 1 rings (SSSR count). The largest absolute Gasteiger partial charge is 0.393 e. The molecule has 2 amide bonds. The van der Waals surface area contributed by atoms with Crippen LogP contribution >= 0.6 is 0 Å². The molecular formula is C8H15N3O3. The summed E-state index contributed by atoms with van der Waals surface area (Å²) in [5.74, 6) is 0. The summed E-state index contributed by atoms with van der Waals surface area (Å²) in [5.41, 5.74) is 6.17. The maximum absolute atomic E-state index is 10.4. The Bertz CT molecular complexity index is 263. The maximum atomic E-state index is 10.4. The molecule has 0 radical (unpaired) electrons. The summed E-state index contributed by atoms with van der Waals surface area (Å²) < 4.78 is 0. The molecule has 0 bridgehead atoms. The number of hydrazone groups is 1. The standard InChI is InChI=1S/C8H15N3O3/c1-8(14)3-2-5(12)4-6(8)10-11-7(9)13/h5,12,14H,2-4H2,1H3,(H3,9,11,13)/b10-6+/t5-,8?/m0/s1. The molecule has 1 aliphatic rings. The first-order chi connectivity index (χ1) is 6.42. The summed E-state index contributed by atoms with van der Waals surface area (Å²) in [5, 5.41) is 22.8. The number of hydrogen-bond acceptors (Lipinski definition) is 4. The van der Waals surface area contributed by atoms with Gasteiger partial charge in [0.15, 0.2) is 0 Å². The number of nitrogens with one attached hydrogen (secondary N) is 1. The molecule has 0 aromatic heterocycles. The molecular weight excluding hydrogens is 186 g/mol. The van der Waals surface area contributed by atoms with Gasteiger partial charge in [0.25, 0.3) is 0 Å². The van der Waals surface area contributed by atoms with Gasteiger partial charge in [-0.1, -0.05) is 0 Å². The third kappa shape index (κ3) is 2.68. The van der Waals surface area contributed by atoms with Crippen molar-refractivity contribution >= 4 is 11.7 Å². The number of nitrogens with two attached hydrogens (primary N) is 1. The number of urea groups is 1. The van der Waals surface area contributed by atoms with Crippen LogP contribution in [-0.4, -0.2) is 33.7 Å². The van der Waals surface area contributed by atoms with E-state index in [1.54, 1.807) is 6.92 Å². The SMILES string of the molecule is CC1(O)CC[C@H](O)C/C1=N\NC(N)=O. The van der Waals surface area contributed by atoms with Crippen molar-refractivity contribution in [2.24, 2.45) is 10.8 Å². The highest BCUT2D eigenvalue weighted by atomic mass is 16.3. The summed E-state index contributed by atoms with van der Waals surface area (Å²) in [6, 6.07) is -0.784. The molecule has 0 spiro atoms. The van der Waals surface area contributed by atoms with Gasteiger partial charge in [-0.25, -0.2) is 10.2 Å². The van der Waals surface area contributed by atoms with Gasteiger partial charge < -0.3 is 15.9 Å². The Morgan fingerprint density at radius 1 is 1.79 bits per heavy atom. The highest BCUT2D eigenvalue weighted by Crippen LogP contribution is 2.25. The second kappa shape index (κ2) is 3.93. The fraction of sp³-hybridized carbons (Fsp3) is 0.750. The van der Waals surface area contributed by atoms with E-state index >= 15 is 0 Å². The minimum atomic E-state index is -1.07. The highest BCUT2D eigenvalue weighted by Gasteiger charge is 2.34. The van der Waals surface area contributed by atoms with Crippen LogP contribution in [0.3, 0.4) is 0 Å². The number of aliphatic hydroxyl groups is 2. The van der Waals surface area contributed by atoms with Gasteiger partial charge in [-0.2, -0.15) is 5.10 Å². The van der Waals surface area contributed by atoms with Crippen LogP contribution in [0.4, 0.5) is 4.79 Å². The molecule has 0 aromatic carbocycles. The molecule has 14 heavy (non-hydrogen) atoms. The first-order valence-electron chi connectivity index (χ1n) is 4.45. The van der Waals surface area contributed by atoms with Crippen molar-refractivity contribution in [1.82, 2.24) is 5.43 Å². The van der Waals surface area contributed by atoms with Crippen LogP contribution in [0.15, 0.2) is 5.10 Å². The van der Waals surface area contributed by atoms with Crippen molar-refractivity contribution in [1.29, 1.82) is 0 Å². The predicted octanol–water partition coefficient (Wildman–Crippen LogP) is -0.694. The summed E-state index contributed by atoms with van der Waals surface area (Å²) in [6.45, 7) is 1.60. The van der Waals surface area contributed by atoms with Crippen LogP contribution in [0.25, 0.3) is 0 Å². The zero-order chi connectivity index (χ0) is 10.8. The normalized spacial score (nSPS) is 35.6. The van der Waals surface area contributed by atoms with Crippen molar-refractivity contribution in [2.75, 3.05) is 0 Å². The lowest BCUT2D eigenvalue weighted by Crippen LogP contribution is -2.44. The average Bonchev–Trinajstić information content (AvgIpc) is 2.07. The van der Waals surface area contributed by atoms with E-state index in [-0.39, 0.29) is 6.42 Å². The van der Waals surface area contributed by atoms with Gasteiger partial charge in [0.2, 0.25) is 0 Å². The predicted molar refractivity (Wildman–Crippen MR) is 50.6 cm³/mol. The number of nitrogens with zero attached hydrogens (tertiary/aromatic N) is 1. The summed E-state index contributed by atoms with van der Waals surface area (Å²) in [6.07, 6.45) is 0.701. The van der Waals surface area contributed by atoms with Crippen LogP contribution in [0.5, 0.6) is 0 Å². The zero-order valence-electron chi connectivity index (χ0n) is 8.03. The fourth-order valence-corrected chi connectivity index (χ4v) is 1.43. The minimum Gasteiger partial charge on any atom is -0.393 e. The van der Waals surface area contributed by atoms with Crippen molar-refractivity contribution in [3.63, 3.8) is 0 Å². The van der Waals surface area contributed by atoms with Gasteiger partial charge >= 0.3 is 6.03 Å². The number of hydrogen-bond donors (Lipinski definition) is 4. The van der Waals surface area contributed by atoms with E-state index in [1.165, 1.54) is 0 Å². The van der Waals surface area contributed by atoms with E-state index < -0.39 is 17.7 Å². The van der Waals surface area contributed by atoms with E-state index in [1.807, 2.05) is 5.43 Å². The monoisotopic (exact) mass is 201 g/mol. The van der Waals surface area contributed by atoms with Crippen LogP contribution in [-0.2, 0) is 0 Å². The highest BCUT2D eigenvalue weighted by molar-refractivity contribution is 5.93. The van der Waals surface area contributed by atoms with Gasteiger partial charge in [-0.15, -0.1) is 0 Å². The Morgan fingerprint density at radius 2 is 2.43 bits per heavy atom. The van der Waals surface area contributed by atoms with Crippen molar-refractivity contribution in [3.05, 3.63) is 0 Å². The number of carbonyl (C=O) groups excluding carboxylic acids is 1. The molecule has 1 saturated carbocycles. The van der Waals surface area contributed by atoms with E-state index in [2.05, 4.69) is 5.10 Å². The fourth-order valence-electron chi connectivity index (χ4n) is 1.43. The molecule has 0 aliphatic heterocycles. The van der Waals surface area contributed by atoms with Gasteiger partial charge in [-0.05, 0) is 19.8 Å². The van der Waals surface area contributed by atoms with Gasteiger partial charge in [0.1, 0.15) is 5.60 Å². The summed E-state index contributed by atoms with van der Waals surface area (Å²) >= 11 is 0. The van der Waals surface area contributed by atoms with Crippen molar-refractivity contribution in [3.8, 4) is 0 Å². The lowest BCUT2D eigenvalue weighted by molar-refractivity contribution is 0.0638. The zero-order valence-corrected chi connectivity index (χ0v) is 8.03. The summed E-state index contributed by atoms with van der Waals surface area (Å²) in [4.78, 5) is 10.4. The number of aliphatic hydroxyl groups excluding tert-OH is 1. The molecule has 1 aliphatic carbocycles. The second-order valence-corrected chi connectivity index (χ2v) is 3.71. The van der Waals surface area contributed by atoms with E-state index in [0.717, 1.165) is 0 Å². The molecule has 0 saturated heterocycles. The third-order valence-electron chi connectivity index (χ3n) is 2.32. The maximum Gasteiger partial charge on any atom is 0.332 e. The molecule has 6 heteroatoms. The van der Waals surface area contributed by atoms with Gasteiger partial charge in [-0.3, -0.25) is 0 Å². The van der Waals surface area contributed by atoms with Gasteiger partial charge in [0, 0.05) is 6.42 Å². The quantitative estimate of drug-likeness (QED) is 0.421. The minimum absolute atomic E-state index is 0.257. The van der Waals surface area contributed by atoms with Crippen LogP contribution in [0, 0.1) is 0 Å². The van der Waals surface area contributed by atoms with Crippen LogP contribution in [0.2, 0.25) is 0 Å². The number of amides is 2. The van der Waals surface area contributed by atoms with E-state index in [4.69, 9.17) is 5.73 Å². The Hall–Kier alpha value is -1.14. The van der Waals surface area contributed by atoms with Crippen molar-refractivity contribution in [2.45, 2.75) is 37.9 Å². The Morgan fingerprint density at radius 3 is 3.00 bits per heavy atom. The first kappa shape index (κ1) is 10.9. The lowest BCUT2D eigenvalue weighted by Gasteiger charge is -2.32.